The first-order chi connectivity index (χ1) is 18.0. The molecule has 0 bridgehead atoms. The van der Waals surface area contributed by atoms with Gasteiger partial charge in [0.1, 0.15) is 0 Å². The molecule has 0 radical (unpaired) electrons. The second-order valence-corrected chi connectivity index (χ2v) is 10.1. The highest BCUT2D eigenvalue weighted by Crippen LogP contribution is 2.37. The Labute approximate surface area is 220 Å². The zero-order chi connectivity index (χ0) is 26.0. The van der Waals surface area contributed by atoms with E-state index in [4.69, 9.17) is 14.6 Å². The van der Waals surface area contributed by atoms with Crippen LogP contribution in [0.5, 0.6) is 11.5 Å². The summed E-state index contributed by atoms with van der Waals surface area (Å²) in [5.41, 5.74) is 4.00. The lowest BCUT2D eigenvalue weighted by Gasteiger charge is -2.25. The van der Waals surface area contributed by atoms with Crippen LogP contribution in [0.1, 0.15) is 66.9 Å². The molecule has 1 saturated carbocycles. The lowest BCUT2D eigenvalue weighted by molar-refractivity contribution is -0.136. The molecule has 37 heavy (non-hydrogen) atoms. The topological polar surface area (TPSA) is 76.0 Å². The van der Waals surface area contributed by atoms with Crippen molar-refractivity contribution in [1.29, 1.82) is 0 Å². The SMILES string of the molecule is COc1ccc([C@@H](O)[C@@H](CCCc2ccccc2)Cc2ccc(CC(=O)O)cc2)cc1OC1CCCC1. The molecule has 3 aromatic carbocycles. The molecule has 2 atom stereocenters. The number of hydrogen-bond acceptors (Lipinski definition) is 4. The number of rotatable bonds is 13. The largest absolute Gasteiger partial charge is 0.493 e. The van der Waals surface area contributed by atoms with Crippen LogP contribution in [0, 0.1) is 5.92 Å². The number of carboxylic acids is 1. The monoisotopic (exact) mass is 502 g/mol. The normalized spacial score (nSPS) is 15.3. The molecule has 5 nitrogen and oxygen atoms in total. The van der Waals surface area contributed by atoms with Crippen molar-refractivity contribution in [3.05, 3.63) is 95.1 Å². The van der Waals surface area contributed by atoms with Crippen molar-refractivity contribution in [2.75, 3.05) is 7.11 Å². The molecular weight excluding hydrogens is 464 g/mol. The van der Waals surface area contributed by atoms with Gasteiger partial charge in [-0.3, -0.25) is 4.79 Å². The zero-order valence-electron chi connectivity index (χ0n) is 21.6. The van der Waals surface area contributed by atoms with Crippen LogP contribution >= 0.6 is 0 Å². The molecule has 1 fully saturated rings. The van der Waals surface area contributed by atoms with E-state index in [1.54, 1.807) is 7.11 Å². The van der Waals surface area contributed by atoms with Gasteiger partial charge in [-0.1, -0.05) is 60.7 Å². The summed E-state index contributed by atoms with van der Waals surface area (Å²) in [4.78, 5) is 11.0. The van der Waals surface area contributed by atoms with Crippen LogP contribution in [0.3, 0.4) is 0 Å². The Balaban J connectivity index is 1.51. The van der Waals surface area contributed by atoms with Gasteiger partial charge in [-0.25, -0.2) is 0 Å². The van der Waals surface area contributed by atoms with Crippen molar-refractivity contribution in [2.24, 2.45) is 5.92 Å². The maximum atomic E-state index is 11.6. The molecule has 2 N–H and O–H groups in total. The second kappa shape index (κ2) is 13.3. The first-order valence-corrected chi connectivity index (χ1v) is 13.4. The zero-order valence-corrected chi connectivity index (χ0v) is 21.6. The van der Waals surface area contributed by atoms with Crippen molar-refractivity contribution in [3.8, 4) is 11.5 Å². The fourth-order valence-electron chi connectivity index (χ4n) is 5.28. The summed E-state index contributed by atoms with van der Waals surface area (Å²) >= 11 is 0. The number of ether oxygens (including phenoxy) is 2. The second-order valence-electron chi connectivity index (χ2n) is 10.1. The molecule has 0 amide bonds. The number of carboxylic acid groups (broad SMARTS) is 1. The number of benzene rings is 3. The highest BCUT2D eigenvalue weighted by Gasteiger charge is 2.24. The van der Waals surface area contributed by atoms with Crippen molar-refractivity contribution < 1.29 is 24.5 Å². The van der Waals surface area contributed by atoms with E-state index in [1.165, 1.54) is 18.4 Å². The van der Waals surface area contributed by atoms with Crippen LogP contribution in [-0.4, -0.2) is 29.4 Å². The van der Waals surface area contributed by atoms with E-state index in [1.807, 2.05) is 48.5 Å². The third-order valence-electron chi connectivity index (χ3n) is 7.33. The molecule has 0 aromatic heterocycles. The molecule has 3 aromatic rings. The van der Waals surface area contributed by atoms with Gasteiger partial charge < -0.3 is 19.7 Å². The number of hydrogen-bond donors (Lipinski definition) is 2. The number of carbonyl (C=O) groups is 1. The van der Waals surface area contributed by atoms with Gasteiger partial charge in [-0.2, -0.15) is 0 Å². The Morgan fingerprint density at radius 3 is 2.30 bits per heavy atom. The van der Waals surface area contributed by atoms with E-state index in [0.717, 1.165) is 48.8 Å². The Morgan fingerprint density at radius 1 is 0.919 bits per heavy atom. The molecule has 0 saturated heterocycles. The summed E-state index contributed by atoms with van der Waals surface area (Å²) < 4.78 is 11.8. The van der Waals surface area contributed by atoms with Crippen LogP contribution in [0.15, 0.2) is 72.8 Å². The summed E-state index contributed by atoms with van der Waals surface area (Å²) in [6.45, 7) is 0. The van der Waals surface area contributed by atoms with Gasteiger partial charge in [0.2, 0.25) is 0 Å². The number of aliphatic carboxylic acids is 1. The molecule has 196 valence electrons. The lowest BCUT2D eigenvalue weighted by atomic mass is 9.85. The average Bonchev–Trinajstić information content (AvgIpc) is 3.42. The number of methoxy groups -OCH3 is 1. The molecule has 1 aliphatic rings. The maximum absolute atomic E-state index is 11.6. The molecule has 5 heteroatoms. The van der Waals surface area contributed by atoms with Gasteiger partial charge in [0.15, 0.2) is 11.5 Å². The molecule has 0 unspecified atom stereocenters. The number of aliphatic hydroxyl groups is 1. The Bertz CT molecular complexity index is 1120. The maximum Gasteiger partial charge on any atom is 0.307 e. The van der Waals surface area contributed by atoms with Crippen LogP contribution in [-0.2, 0) is 24.1 Å². The first-order valence-electron chi connectivity index (χ1n) is 13.4. The Kier molecular flexibility index (Phi) is 9.61. The van der Waals surface area contributed by atoms with Gasteiger partial charge in [0, 0.05) is 0 Å². The van der Waals surface area contributed by atoms with Gasteiger partial charge in [-0.15, -0.1) is 0 Å². The van der Waals surface area contributed by atoms with Gasteiger partial charge in [-0.05, 0) is 91.7 Å². The van der Waals surface area contributed by atoms with E-state index < -0.39 is 12.1 Å². The standard InChI is InChI=1S/C32H38O5/c1-36-29-19-18-27(22-30(29)37-28-12-5-6-13-28)32(35)26(11-7-10-23-8-3-2-4-9-23)20-24-14-16-25(17-15-24)21-31(33)34/h2-4,8-9,14-19,22,26,28,32,35H,5-7,10-13,20-21H2,1H3,(H,33,34)/t26-,32-/m0/s1. The summed E-state index contributed by atoms with van der Waals surface area (Å²) in [5.74, 6) is 0.559. The van der Waals surface area contributed by atoms with Gasteiger partial charge >= 0.3 is 5.97 Å². The fourth-order valence-corrected chi connectivity index (χ4v) is 5.28. The third kappa shape index (κ3) is 7.83. The van der Waals surface area contributed by atoms with Crippen molar-refractivity contribution >= 4 is 5.97 Å². The average molecular weight is 503 g/mol. The highest BCUT2D eigenvalue weighted by molar-refractivity contribution is 5.70. The predicted molar refractivity (Wildman–Crippen MR) is 145 cm³/mol. The van der Waals surface area contributed by atoms with Crippen LogP contribution in [0.4, 0.5) is 0 Å². The van der Waals surface area contributed by atoms with E-state index in [-0.39, 0.29) is 18.4 Å². The smallest absolute Gasteiger partial charge is 0.307 e. The van der Waals surface area contributed by atoms with Crippen molar-refractivity contribution in [2.45, 2.75) is 70.0 Å². The molecule has 0 spiro atoms. The van der Waals surface area contributed by atoms with E-state index in [2.05, 4.69) is 24.3 Å². The fraction of sp³-hybridized carbons (Fsp3) is 0.406. The number of aliphatic hydroxyl groups excluding tert-OH is 1. The first kappa shape index (κ1) is 26.7. The summed E-state index contributed by atoms with van der Waals surface area (Å²) in [6, 6.07) is 23.9. The minimum atomic E-state index is -0.836. The quantitative estimate of drug-likeness (QED) is 0.277. The van der Waals surface area contributed by atoms with Crippen LogP contribution in [0.25, 0.3) is 0 Å². The van der Waals surface area contributed by atoms with Crippen molar-refractivity contribution in [3.63, 3.8) is 0 Å². The van der Waals surface area contributed by atoms with Gasteiger partial charge in [0.25, 0.3) is 0 Å². The predicted octanol–water partition coefficient (Wildman–Crippen LogP) is 6.56. The van der Waals surface area contributed by atoms with Crippen LogP contribution < -0.4 is 9.47 Å². The number of aryl methyl sites for hydroxylation is 1. The van der Waals surface area contributed by atoms with E-state index in [9.17, 15) is 9.90 Å². The molecular formula is C32H38O5. The highest BCUT2D eigenvalue weighted by atomic mass is 16.5. The van der Waals surface area contributed by atoms with Crippen molar-refractivity contribution in [1.82, 2.24) is 0 Å². The third-order valence-corrected chi connectivity index (χ3v) is 7.33. The summed E-state index contributed by atoms with van der Waals surface area (Å²) in [5, 5.41) is 20.7. The summed E-state index contributed by atoms with van der Waals surface area (Å²) in [6.07, 6.45) is 7.51. The van der Waals surface area contributed by atoms with E-state index >= 15 is 0 Å². The minimum Gasteiger partial charge on any atom is -0.493 e. The van der Waals surface area contributed by atoms with E-state index in [0.29, 0.717) is 17.9 Å². The Morgan fingerprint density at radius 2 is 1.62 bits per heavy atom. The molecule has 1 aliphatic carbocycles. The lowest BCUT2D eigenvalue weighted by Crippen LogP contribution is -2.17. The summed E-state index contributed by atoms with van der Waals surface area (Å²) in [7, 11) is 1.65. The molecule has 4 rings (SSSR count). The minimum absolute atomic E-state index is 0.00163. The Hall–Kier alpha value is -3.31. The molecule has 0 aliphatic heterocycles. The van der Waals surface area contributed by atoms with Gasteiger partial charge in [0.05, 0.1) is 25.7 Å². The van der Waals surface area contributed by atoms with Crippen LogP contribution in [0.2, 0.25) is 0 Å². The molecule has 0 heterocycles.